The van der Waals surface area contributed by atoms with Crippen molar-refractivity contribution >= 4 is 6.21 Å². The van der Waals surface area contributed by atoms with E-state index in [4.69, 9.17) is 11.1 Å². The topological polar surface area (TPSA) is 49.9 Å². The van der Waals surface area contributed by atoms with Crippen LogP contribution in [0, 0.1) is 5.41 Å². The molecule has 0 fully saturated rings. The summed E-state index contributed by atoms with van der Waals surface area (Å²) in [6, 6.07) is 0. The Balaban J connectivity index is 3.27. The third-order valence-electron chi connectivity index (χ3n) is 0.430. The zero-order valence-electron chi connectivity index (χ0n) is 3.96. The molecule has 7 heavy (non-hydrogen) atoms. The number of nitrogens with two attached hydrogens (primary N) is 1. The van der Waals surface area contributed by atoms with Crippen molar-refractivity contribution in [3.05, 3.63) is 24.4 Å². The summed E-state index contributed by atoms with van der Waals surface area (Å²) in [6.45, 7) is 0. The zero-order chi connectivity index (χ0) is 5.54. The lowest BCUT2D eigenvalue weighted by molar-refractivity contribution is 1.57. The van der Waals surface area contributed by atoms with Crippen LogP contribution in [0.1, 0.15) is 0 Å². The van der Waals surface area contributed by atoms with Crippen LogP contribution in [0.15, 0.2) is 24.4 Å². The highest BCUT2D eigenvalue weighted by molar-refractivity contribution is 5.67. The van der Waals surface area contributed by atoms with Gasteiger partial charge in [0.05, 0.1) is 0 Å². The first-order valence-electron chi connectivity index (χ1n) is 1.96. The smallest absolute Gasteiger partial charge is 0.0177 e. The maximum atomic E-state index is 6.49. The van der Waals surface area contributed by atoms with E-state index in [1.54, 1.807) is 18.2 Å². The van der Waals surface area contributed by atoms with Crippen molar-refractivity contribution in [1.82, 2.24) is 0 Å². The molecule has 0 aliphatic rings. The number of hydrogen-bond acceptors (Lipinski definition) is 2. The molecule has 0 saturated heterocycles. The van der Waals surface area contributed by atoms with Crippen molar-refractivity contribution in [2.75, 3.05) is 0 Å². The lowest BCUT2D eigenvalue weighted by atomic mass is 10.5. The van der Waals surface area contributed by atoms with Crippen LogP contribution in [0.2, 0.25) is 0 Å². The van der Waals surface area contributed by atoms with E-state index >= 15 is 0 Å². The molecule has 0 heterocycles. The second kappa shape index (κ2) is 4.95. The molecule has 0 radical (unpaired) electrons. The number of allylic oxidation sites excluding steroid dienone is 3. The van der Waals surface area contributed by atoms with Crippen LogP contribution < -0.4 is 5.73 Å². The molecule has 0 saturated carbocycles. The molecule has 0 aromatic carbocycles. The monoisotopic (exact) mass is 96.1 g/mol. The molecule has 2 heteroatoms. The summed E-state index contributed by atoms with van der Waals surface area (Å²) in [5, 5.41) is 6.49. The van der Waals surface area contributed by atoms with E-state index in [-0.39, 0.29) is 0 Å². The molecule has 3 N–H and O–H groups in total. The molecule has 0 aromatic heterocycles. The second-order valence-electron chi connectivity index (χ2n) is 0.936. The molecule has 0 rings (SSSR count). The van der Waals surface area contributed by atoms with Crippen LogP contribution in [-0.2, 0) is 0 Å². The lowest BCUT2D eigenvalue weighted by Gasteiger charge is -1.65. The Labute approximate surface area is 42.8 Å². The van der Waals surface area contributed by atoms with E-state index in [1.807, 2.05) is 0 Å². The Morgan fingerprint density at radius 1 is 1.14 bits per heavy atom. The fraction of sp³-hybridized carbons (Fsp3) is 0. The molecule has 0 aliphatic carbocycles. The van der Waals surface area contributed by atoms with Gasteiger partial charge in [-0.2, -0.15) is 0 Å². The fourth-order valence-corrected chi connectivity index (χ4v) is 0.184. The van der Waals surface area contributed by atoms with Crippen molar-refractivity contribution in [1.29, 1.82) is 5.41 Å². The summed E-state index contributed by atoms with van der Waals surface area (Å²) < 4.78 is 0. The standard InChI is InChI=1S/C5H8N2/c6-4-2-1-3-5-7/h1-6H,7H2. The minimum absolute atomic E-state index is 1.19. The highest BCUT2D eigenvalue weighted by Crippen LogP contribution is 1.66. The molecular weight excluding hydrogens is 88.1 g/mol. The van der Waals surface area contributed by atoms with E-state index in [0.29, 0.717) is 0 Å². The van der Waals surface area contributed by atoms with Gasteiger partial charge in [-0.25, -0.2) is 0 Å². The summed E-state index contributed by atoms with van der Waals surface area (Å²) in [5.41, 5.74) is 4.96. The first-order chi connectivity index (χ1) is 3.41. The third-order valence-corrected chi connectivity index (χ3v) is 0.430. The van der Waals surface area contributed by atoms with E-state index < -0.39 is 0 Å². The van der Waals surface area contributed by atoms with Crippen LogP contribution in [0.3, 0.4) is 0 Å². The lowest BCUT2D eigenvalue weighted by Crippen LogP contribution is -1.72. The molecular formula is C5H8N2. The van der Waals surface area contributed by atoms with Crippen molar-refractivity contribution in [2.24, 2.45) is 5.73 Å². The van der Waals surface area contributed by atoms with Gasteiger partial charge < -0.3 is 11.1 Å². The van der Waals surface area contributed by atoms with E-state index in [1.165, 1.54) is 12.4 Å². The van der Waals surface area contributed by atoms with Gasteiger partial charge in [0.1, 0.15) is 0 Å². The van der Waals surface area contributed by atoms with Gasteiger partial charge in [0.25, 0.3) is 0 Å². The van der Waals surface area contributed by atoms with E-state index in [9.17, 15) is 0 Å². The van der Waals surface area contributed by atoms with Crippen LogP contribution in [-0.4, -0.2) is 6.21 Å². The predicted octanol–water partition coefficient (Wildman–Crippen LogP) is 0.665. The van der Waals surface area contributed by atoms with Crippen LogP contribution in [0.5, 0.6) is 0 Å². The first kappa shape index (κ1) is 5.95. The van der Waals surface area contributed by atoms with Crippen LogP contribution >= 0.6 is 0 Å². The molecule has 0 spiro atoms. The molecule has 0 amide bonds. The van der Waals surface area contributed by atoms with Gasteiger partial charge in [0.15, 0.2) is 0 Å². The zero-order valence-corrected chi connectivity index (χ0v) is 3.96. The fourth-order valence-electron chi connectivity index (χ4n) is 0.184. The van der Waals surface area contributed by atoms with Crippen molar-refractivity contribution in [2.45, 2.75) is 0 Å². The molecule has 2 nitrogen and oxygen atoms in total. The van der Waals surface area contributed by atoms with E-state index in [0.717, 1.165) is 0 Å². The maximum Gasteiger partial charge on any atom is 0.0177 e. The highest BCUT2D eigenvalue weighted by atomic mass is 14.5. The van der Waals surface area contributed by atoms with Gasteiger partial charge in [0.2, 0.25) is 0 Å². The minimum Gasteiger partial charge on any atom is -0.405 e. The Morgan fingerprint density at radius 3 is 2.29 bits per heavy atom. The molecule has 38 valence electrons. The Kier molecular flexibility index (Phi) is 4.21. The van der Waals surface area contributed by atoms with Gasteiger partial charge in [-0.1, -0.05) is 6.08 Å². The minimum atomic E-state index is 1.19. The summed E-state index contributed by atoms with van der Waals surface area (Å²) in [5.74, 6) is 0. The van der Waals surface area contributed by atoms with Crippen LogP contribution in [0.25, 0.3) is 0 Å². The quantitative estimate of drug-likeness (QED) is 0.385. The molecule has 0 aromatic rings. The van der Waals surface area contributed by atoms with E-state index in [2.05, 4.69) is 0 Å². The van der Waals surface area contributed by atoms with Gasteiger partial charge in [-0.15, -0.1) is 0 Å². The maximum absolute atomic E-state index is 6.49. The molecule has 0 unspecified atom stereocenters. The number of hydrogen-bond donors (Lipinski definition) is 2. The number of nitrogens with one attached hydrogen (secondary N) is 1. The van der Waals surface area contributed by atoms with Gasteiger partial charge in [-0.05, 0) is 18.4 Å². The molecule has 0 aliphatic heterocycles. The summed E-state index contributed by atoms with van der Waals surface area (Å²) in [4.78, 5) is 0. The van der Waals surface area contributed by atoms with Gasteiger partial charge >= 0.3 is 0 Å². The Morgan fingerprint density at radius 2 is 1.86 bits per heavy atom. The SMILES string of the molecule is N=CC=CC=CN. The summed E-state index contributed by atoms with van der Waals surface area (Å²) in [6.07, 6.45) is 7.54. The van der Waals surface area contributed by atoms with Crippen molar-refractivity contribution in [3.8, 4) is 0 Å². The summed E-state index contributed by atoms with van der Waals surface area (Å²) >= 11 is 0. The van der Waals surface area contributed by atoms with Gasteiger partial charge in [0, 0.05) is 6.21 Å². The first-order valence-corrected chi connectivity index (χ1v) is 1.96. The highest BCUT2D eigenvalue weighted by Gasteiger charge is 1.53. The number of rotatable bonds is 2. The second-order valence-corrected chi connectivity index (χ2v) is 0.936. The average molecular weight is 96.1 g/mol. The summed E-state index contributed by atoms with van der Waals surface area (Å²) in [7, 11) is 0. The molecule has 0 bridgehead atoms. The third kappa shape index (κ3) is 4.95. The average Bonchev–Trinajstić information content (AvgIpc) is 1.69. The normalized spacial score (nSPS) is 10.9. The predicted molar refractivity (Wildman–Crippen MR) is 31.3 cm³/mol. The Bertz CT molecular complexity index is 92.3. The van der Waals surface area contributed by atoms with Crippen molar-refractivity contribution in [3.63, 3.8) is 0 Å². The van der Waals surface area contributed by atoms with Gasteiger partial charge in [-0.3, -0.25) is 0 Å². The largest absolute Gasteiger partial charge is 0.405 e. The Hall–Kier alpha value is -1.05. The van der Waals surface area contributed by atoms with Crippen molar-refractivity contribution < 1.29 is 0 Å². The molecule has 0 atom stereocenters. The van der Waals surface area contributed by atoms with Crippen LogP contribution in [0.4, 0.5) is 0 Å².